The third-order valence-electron chi connectivity index (χ3n) is 5.45. The molecule has 0 bridgehead atoms. The first-order chi connectivity index (χ1) is 13.7. The summed E-state index contributed by atoms with van der Waals surface area (Å²) in [5, 5.41) is 0.681. The first-order valence-corrected chi connectivity index (χ1v) is 10.2. The van der Waals surface area contributed by atoms with Gasteiger partial charge in [0, 0.05) is 55.1 Å². The number of morpholine rings is 1. The quantitative estimate of drug-likeness (QED) is 0.789. The van der Waals surface area contributed by atoms with E-state index in [9.17, 15) is 4.79 Å². The van der Waals surface area contributed by atoms with Gasteiger partial charge in [0.1, 0.15) is 0 Å². The van der Waals surface area contributed by atoms with Crippen molar-refractivity contribution in [2.45, 2.75) is 18.8 Å². The van der Waals surface area contributed by atoms with Crippen LogP contribution in [0.2, 0.25) is 5.02 Å². The van der Waals surface area contributed by atoms with E-state index in [2.05, 4.69) is 14.9 Å². The number of likely N-dealkylation sites (tertiary alicyclic amines) is 1. The van der Waals surface area contributed by atoms with Crippen molar-refractivity contribution in [2.24, 2.45) is 0 Å². The minimum atomic E-state index is 0.185. The predicted octanol–water partition coefficient (Wildman–Crippen LogP) is 2.84. The minimum Gasteiger partial charge on any atom is -0.379 e. The summed E-state index contributed by atoms with van der Waals surface area (Å²) in [6.07, 6.45) is 5.43. The smallest absolute Gasteiger partial charge is 0.236 e. The van der Waals surface area contributed by atoms with Crippen LogP contribution in [0.1, 0.15) is 24.5 Å². The molecule has 28 heavy (non-hydrogen) atoms. The molecular formula is C21H25ClN4O2. The minimum absolute atomic E-state index is 0.185. The second kappa shape index (κ2) is 8.99. The number of rotatable bonds is 4. The molecule has 0 radical (unpaired) electrons. The largest absolute Gasteiger partial charge is 0.379 e. The van der Waals surface area contributed by atoms with Crippen LogP contribution in [-0.2, 0) is 9.53 Å². The summed E-state index contributed by atoms with van der Waals surface area (Å²) in [7, 11) is 0. The SMILES string of the molecule is O=C(CN1CCOCC1)N1CCCC(c2nccnc2-c2cccc(Cl)c2)C1. The molecule has 1 unspecified atom stereocenters. The molecule has 7 heteroatoms. The molecule has 2 fully saturated rings. The molecule has 0 spiro atoms. The second-order valence-corrected chi connectivity index (χ2v) is 7.80. The highest BCUT2D eigenvalue weighted by atomic mass is 35.5. The van der Waals surface area contributed by atoms with Crippen molar-refractivity contribution in [3.63, 3.8) is 0 Å². The molecule has 1 aromatic heterocycles. The number of nitrogens with zero attached hydrogens (tertiary/aromatic N) is 4. The lowest BCUT2D eigenvalue weighted by Gasteiger charge is -2.35. The van der Waals surface area contributed by atoms with Crippen molar-refractivity contribution in [3.05, 3.63) is 47.4 Å². The molecule has 0 aliphatic carbocycles. The molecule has 3 heterocycles. The normalized spacial score (nSPS) is 20.9. The number of amides is 1. The van der Waals surface area contributed by atoms with Crippen molar-refractivity contribution >= 4 is 17.5 Å². The molecule has 1 amide bonds. The van der Waals surface area contributed by atoms with Crippen molar-refractivity contribution in [1.29, 1.82) is 0 Å². The number of piperidine rings is 1. The summed E-state index contributed by atoms with van der Waals surface area (Å²) in [4.78, 5) is 26.2. The van der Waals surface area contributed by atoms with Crippen molar-refractivity contribution in [2.75, 3.05) is 45.9 Å². The van der Waals surface area contributed by atoms with Gasteiger partial charge in [0.05, 0.1) is 31.1 Å². The van der Waals surface area contributed by atoms with E-state index in [4.69, 9.17) is 16.3 Å². The highest BCUT2D eigenvalue weighted by Gasteiger charge is 2.29. The van der Waals surface area contributed by atoms with E-state index in [-0.39, 0.29) is 11.8 Å². The maximum atomic E-state index is 12.8. The van der Waals surface area contributed by atoms with Crippen LogP contribution in [0.25, 0.3) is 11.3 Å². The Labute approximate surface area is 170 Å². The van der Waals surface area contributed by atoms with E-state index < -0.39 is 0 Å². The molecular weight excluding hydrogens is 376 g/mol. The Bertz CT molecular complexity index is 826. The molecule has 2 saturated heterocycles. The summed E-state index contributed by atoms with van der Waals surface area (Å²) in [5.41, 5.74) is 2.78. The lowest BCUT2D eigenvalue weighted by molar-refractivity contribution is -0.134. The number of hydrogen-bond acceptors (Lipinski definition) is 5. The topological polar surface area (TPSA) is 58.6 Å². The Hall–Kier alpha value is -2.02. The molecule has 0 N–H and O–H groups in total. The van der Waals surface area contributed by atoms with E-state index in [1.807, 2.05) is 29.2 Å². The van der Waals surface area contributed by atoms with Gasteiger partial charge in [-0.1, -0.05) is 23.7 Å². The molecule has 1 atom stereocenters. The first-order valence-electron chi connectivity index (χ1n) is 9.85. The Morgan fingerprint density at radius 3 is 2.82 bits per heavy atom. The number of aromatic nitrogens is 2. The van der Waals surface area contributed by atoms with Gasteiger partial charge in [-0.25, -0.2) is 0 Å². The van der Waals surface area contributed by atoms with Crippen LogP contribution in [0.3, 0.4) is 0 Å². The number of carbonyl (C=O) groups is 1. The van der Waals surface area contributed by atoms with Crippen molar-refractivity contribution in [3.8, 4) is 11.3 Å². The van der Waals surface area contributed by atoms with E-state index in [0.29, 0.717) is 31.3 Å². The molecule has 2 aliphatic heterocycles. The van der Waals surface area contributed by atoms with Crippen LogP contribution in [0.15, 0.2) is 36.7 Å². The lowest BCUT2D eigenvalue weighted by Crippen LogP contribution is -2.47. The Morgan fingerprint density at radius 2 is 2.00 bits per heavy atom. The van der Waals surface area contributed by atoms with E-state index >= 15 is 0 Å². The Balaban J connectivity index is 1.50. The number of benzene rings is 1. The van der Waals surface area contributed by atoms with Crippen LogP contribution in [-0.4, -0.2) is 71.6 Å². The molecule has 148 valence electrons. The number of hydrogen-bond donors (Lipinski definition) is 0. The summed E-state index contributed by atoms with van der Waals surface area (Å²) in [6.45, 7) is 5.04. The van der Waals surface area contributed by atoms with Gasteiger partial charge < -0.3 is 9.64 Å². The van der Waals surface area contributed by atoms with Gasteiger partial charge in [-0.3, -0.25) is 19.7 Å². The standard InChI is InChI=1S/C21H25ClN4O2/c22-18-5-1-3-16(13-18)20-21(24-7-6-23-20)17-4-2-8-26(14-17)19(27)15-25-9-11-28-12-10-25/h1,3,5-7,13,17H,2,4,8-12,14-15H2. The van der Waals surface area contributed by atoms with Gasteiger partial charge in [-0.15, -0.1) is 0 Å². The Kier molecular flexibility index (Phi) is 6.20. The third-order valence-corrected chi connectivity index (χ3v) is 5.68. The highest BCUT2D eigenvalue weighted by Crippen LogP contribution is 2.32. The summed E-state index contributed by atoms with van der Waals surface area (Å²) < 4.78 is 5.37. The van der Waals surface area contributed by atoms with E-state index in [1.54, 1.807) is 12.4 Å². The zero-order chi connectivity index (χ0) is 19.3. The van der Waals surface area contributed by atoms with E-state index in [1.165, 1.54) is 0 Å². The van der Waals surface area contributed by atoms with Crippen LogP contribution in [0.5, 0.6) is 0 Å². The highest BCUT2D eigenvalue weighted by molar-refractivity contribution is 6.30. The monoisotopic (exact) mass is 400 g/mol. The average molecular weight is 401 g/mol. The third kappa shape index (κ3) is 4.51. The molecule has 6 nitrogen and oxygen atoms in total. The molecule has 0 saturated carbocycles. The molecule has 2 aromatic rings. The maximum Gasteiger partial charge on any atom is 0.236 e. The summed E-state index contributed by atoms with van der Waals surface area (Å²) in [6, 6.07) is 7.70. The molecule has 2 aliphatic rings. The van der Waals surface area contributed by atoms with Gasteiger partial charge in [0.2, 0.25) is 5.91 Å². The molecule has 1 aromatic carbocycles. The van der Waals surface area contributed by atoms with Gasteiger partial charge >= 0.3 is 0 Å². The van der Waals surface area contributed by atoms with Crippen LogP contribution < -0.4 is 0 Å². The zero-order valence-corrected chi connectivity index (χ0v) is 16.6. The van der Waals surface area contributed by atoms with E-state index in [0.717, 1.165) is 49.4 Å². The number of ether oxygens (including phenoxy) is 1. The second-order valence-electron chi connectivity index (χ2n) is 7.37. The van der Waals surface area contributed by atoms with Crippen molar-refractivity contribution in [1.82, 2.24) is 19.8 Å². The fraction of sp³-hybridized carbons (Fsp3) is 0.476. The average Bonchev–Trinajstić information content (AvgIpc) is 2.74. The predicted molar refractivity (Wildman–Crippen MR) is 108 cm³/mol. The maximum absolute atomic E-state index is 12.8. The summed E-state index contributed by atoms with van der Waals surface area (Å²) in [5.74, 6) is 0.380. The Morgan fingerprint density at radius 1 is 1.18 bits per heavy atom. The van der Waals surface area contributed by atoms with Gasteiger partial charge in [0.25, 0.3) is 0 Å². The lowest BCUT2D eigenvalue weighted by atomic mass is 9.91. The fourth-order valence-corrected chi connectivity index (χ4v) is 4.17. The van der Waals surface area contributed by atoms with Gasteiger partial charge in [-0.2, -0.15) is 0 Å². The first kappa shape index (κ1) is 19.3. The van der Waals surface area contributed by atoms with Crippen molar-refractivity contribution < 1.29 is 9.53 Å². The van der Waals surface area contributed by atoms with Gasteiger partial charge in [-0.05, 0) is 25.0 Å². The van der Waals surface area contributed by atoms with Crippen LogP contribution in [0, 0.1) is 0 Å². The summed E-state index contributed by atoms with van der Waals surface area (Å²) >= 11 is 6.18. The zero-order valence-electron chi connectivity index (χ0n) is 15.9. The number of carbonyl (C=O) groups excluding carboxylic acids is 1. The number of halogens is 1. The fourth-order valence-electron chi connectivity index (χ4n) is 3.98. The molecule has 4 rings (SSSR count). The van der Waals surface area contributed by atoms with Crippen LogP contribution in [0.4, 0.5) is 0 Å². The van der Waals surface area contributed by atoms with Gasteiger partial charge in [0.15, 0.2) is 0 Å². The van der Waals surface area contributed by atoms with Crippen LogP contribution >= 0.6 is 11.6 Å².